The van der Waals surface area contributed by atoms with Crippen LogP contribution in [0.1, 0.15) is 45.2 Å². The minimum Gasteiger partial charge on any atom is -0.512 e. The highest BCUT2D eigenvalue weighted by Gasteiger charge is 2.12. The van der Waals surface area contributed by atoms with Crippen LogP contribution in [0.25, 0.3) is 0 Å². The minimum absolute atomic E-state index is 0.115. The lowest BCUT2D eigenvalue weighted by molar-refractivity contribution is -0.112. The summed E-state index contributed by atoms with van der Waals surface area (Å²) in [5.74, 6) is 0.0398. The van der Waals surface area contributed by atoms with Crippen LogP contribution in [0.2, 0.25) is 0 Å². The fourth-order valence-corrected chi connectivity index (χ4v) is 1.75. The van der Waals surface area contributed by atoms with Crippen LogP contribution in [0.5, 0.6) is 0 Å². The average Bonchev–Trinajstić information content (AvgIpc) is 2.25. The van der Waals surface area contributed by atoms with Gasteiger partial charge in [0.25, 0.3) is 0 Å². The SMILES string of the molecule is CC(=O)/C=C(\O)CCc1ccc(C(C)(C)C)cc1. The topological polar surface area (TPSA) is 37.3 Å². The monoisotopic (exact) mass is 246 g/mol. The second-order valence-electron chi connectivity index (χ2n) is 5.69. The zero-order valence-corrected chi connectivity index (χ0v) is 11.7. The third-order valence-electron chi connectivity index (χ3n) is 2.86. The fourth-order valence-electron chi connectivity index (χ4n) is 1.75. The standard InChI is InChI=1S/C16H22O2/c1-12(17)11-15(18)10-7-13-5-8-14(9-6-13)16(2,3)4/h5-6,8-9,11,18H,7,10H2,1-4H3/b15-11-. The largest absolute Gasteiger partial charge is 0.512 e. The molecule has 18 heavy (non-hydrogen) atoms. The van der Waals surface area contributed by atoms with Gasteiger partial charge in [-0.15, -0.1) is 0 Å². The molecule has 2 heteroatoms. The Hall–Kier alpha value is -1.57. The molecule has 1 N–H and O–H groups in total. The van der Waals surface area contributed by atoms with Crippen molar-refractivity contribution in [2.75, 3.05) is 0 Å². The number of hydrogen-bond donors (Lipinski definition) is 1. The number of aryl methyl sites for hydroxylation is 1. The van der Waals surface area contributed by atoms with Gasteiger partial charge in [0.1, 0.15) is 0 Å². The molecular weight excluding hydrogens is 224 g/mol. The van der Waals surface area contributed by atoms with E-state index in [0.29, 0.717) is 6.42 Å². The van der Waals surface area contributed by atoms with Gasteiger partial charge in [-0.2, -0.15) is 0 Å². The first-order valence-corrected chi connectivity index (χ1v) is 6.28. The maximum absolute atomic E-state index is 10.8. The molecule has 0 aliphatic rings. The van der Waals surface area contributed by atoms with E-state index in [4.69, 9.17) is 0 Å². The van der Waals surface area contributed by atoms with Gasteiger partial charge in [-0.05, 0) is 29.9 Å². The first-order chi connectivity index (χ1) is 8.29. The molecule has 0 fully saturated rings. The van der Waals surface area contributed by atoms with Crippen molar-refractivity contribution in [1.29, 1.82) is 0 Å². The summed E-state index contributed by atoms with van der Waals surface area (Å²) >= 11 is 0. The van der Waals surface area contributed by atoms with Crippen LogP contribution in [-0.4, -0.2) is 10.9 Å². The van der Waals surface area contributed by atoms with Crippen LogP contribution in [0.4, 0.5) is 0 Å². The van der Waals surface area contributed by atoms with Crippen molar-refractivity contribution in [3.05, 3.63) is 47.2 Å². The highest BCUT2D eigenvalue weighted by atomic mass is 16.3. The van der Waals surface area contributed by atoms with E-state index in [2.05, 4.69) is 45.0 Å². The quantitative estimate of drug-likeness (QED) is 0.645. The van der Waals surface area contributed by atoms with Crippen LogP contribution in [0.15, 0.2) is 36.1 Å². The van der Waals surface area contributed by atoms with Gasteiger partial charge in [0.2, 0.25) is 0 Å². The molecular formula is C16H22O2. The van der Waals surface area contributed by atoms with Crippen molar-refractivity contribution in [2.24, 2.45) is 0 Å². The van der Waals surface area contributed by atoms with Crippen LogP contribution in [-0.2, 0) is 16.6 Å². The molecule has 2 nitrogen and oxygen atoms in total. The Bertz CT molecular complexity index is 433. The van der Waals surface area contributed by atoms with Gasteiger partial charge in [-0.3, -0.25) is 4.79 Å². The van der Waals surface area contributed by atoms with E-state index in [9.17, 15) is 9.90 Å². The first-order valence-electron chi connectivity index (χ1n) is 6.28. The zero-order chi connectivity index (χ0) is 13.8. The van der Waals surface area contributed by atoms with E-state index in [-0.39, 0.29) is 17.0 Å². The molecule has 0 atom stereocenters. The van der Waals surface area contributed by atoms with Gasteiger partial charge >= 0.3 is 0 Å². The first kappa shape index (κ1) is 14.5. The van der Waals surface area contributed by atoms with E-state index in [1.807, 2.05) is 0 Å². The molecule has 0 unspecified atom stereocenters. The fraction of sp³-hybridized carbons (Fsp3) is 0.438. The molecule has 0 aliphatic carbocycles. The maximum atomic E-state index is 10.8. The molecule has 0 bridgehead atoms. The van der Waals surface area contributed by atoms with E-state index in [0.717, 1.165) is 6.42 Å². The summed E-state index contributed by atoms with van der Waals surface area (Å²) in [4.78, 5) is 10.8. The van der Waals surface area contributed by atoms with Gasteiger partial charge in [0, 0.05) is 12.5 Å². The van der Waals surface area contributed by atoms with Crippen LogP contribution >= 0.6 is 0 Å². The molecule has 0 amide bonds. The second-order valence-corrected chi connectivity index (χ2v) is 5.69. The molecule has 0 saturated heterocycles. The smallest absolute Gasteiger partial charge is 0.155 e. The summed E-state index contributed by atoms with van der Waals surface area (Å²) in [6.07, 6.45) is 2.54. The minimum atomic E-state index is -0.115. The van der Waals surface area contributed by atoms with E-state index in [1.54, 1.807) is 0 Å². The highest BCUT2D eigenvalue weighted by molar-refractivity contribution is 5.87. The predicted molar refractivity (Wildman–Crippen MR) is 74.9 cm³/mol. The Morgan fingerprint density at radius 3 is 2.22 bits per heavy atom. The van der Waals surface area contributed by atoms with E-state index >= 15 is 0 Å². The lowest BCUT2D eigenvalue weighted by atomic mass is 9.86. The Morgan fingerprint density at radius 2 is 1.78 bits per heavy atom. The van der Waals surface area contributed by atoms with Crippen molar-refractivity contribution in [2.45, 2.75) is 46.0 Å². The summed E-state index contributed by atoms with van der Waals surface area (Å²) < 4.78 is 0. The molecule has 0 heterocycles. The van der Waals surface area contributed by atoms with Gasteiger partial charge < -0.3 is 5.11 Å². The Balaban J connectivity index is 2.63. The number of ketones is 1. The molecule has 0 aromatic heterocycles. The number of carbonyl (C=O) groups excluding carboxylic acids is 1. The summed E-state index contributed by atoms with van der Waals surface area (Å²) in [6, 6.07) is 8.42. The van der Waals surface area contributed by atoms with Crippen LogP contribution in [0, 0.1) is 0 Å². The van der Waals surface area contributed by atoms with Gasteiger partial charge in [-0.25, -0.2) is 0 Å². The van der Waals surface area contributed by atoms with Crippen molar-refractivity contribution >= 4 is 5.78 Å². The number of carbonyl (C=O) groups is 1. The number of hydrogen-bond acceptors (Lipinski definition) is 2. The van der Waals surface area contributed by atoms with E-state index in [1.165, 1.54) is 24.1 Å². The third-order valence-corrected chi connectivity index (χ3v) is 2.86. The summed E-state index contributed by atoms with van der Waals surface area (Å²) in [7, 11) is 0. The second kappa shape index (κ2) is 5.85. The summed E-state index contributed by atoms with van der Waals surface area (Å²) in [5.41, 5.74) is 2.64. The van der Waals surface area contributed by atoms with Crippen molar-refractivity contribution in [3.63, 3.8) is 0 Å². The van der Waals surface area contributed by atoms with Gasteiger partial charge in [0.15, 0.2) is 5.78 Å². The number of rotatable bonds is 4. The lowest BCUT2D eigenvalue weighted by Crippen LogP contribution is -2.10. The van der Waals surface area contributed by atoms with Crippen molar-refractivity contribution in [1.82, 2.24) is 0 Å². The number of aliphatic hydroxyl groups is 1. The summed E-state index contributed by atoms with van der Waals surface area (Å²) in [6.45, 7) is 7.99. The van der Waals surface area contributed by atoms with Gasteiger partial charge in [-0.1, -0.05) is 45.0 Å². The number of aliphatic hydroxyl groups excluding tert-OH is 1. The number of benzene rings is 1. The van der Waals surface area contributed by atoms with Gasteiger partial charge in [0.05, 0.1) is 5.76 Å². The Labute approximate surface area is 109 Å². The number of allylic oxidation sites excluding steroid dienone is 2. The van der Waals surface area contributed by atoms with Crippen molar-refractivity contribution in [3.8, 4) is 0 Å². The normalized spacial score (nSPS) is 12.6. The molecule has 0 aliphatic heterocycles. The molecule has 0 saturated carbocycles. The lowest BCUT2D eigenvalue weighted by Gasteiger charge is -2.19. The Kier molecular flexibility index (Phi) is 4.71. The summed E-state index contributed by atoms with van der Waals surface area (Å²) in [5, 5.41) is 9.51. The van der Waals surface area contributed by atoms with E-state index < -0.39 is 0 Å². The average molecular weight is 246 g/mol. The Morgan fingerprint density at radius 1 is 1.22 bits per heavy atom. The molecule has 98 valence electrons. The molecule has 1 rings (SSSR count). The van der Waals surface area contributed by atoms with Crippen molar-refractivity contribution < 1.29 is 9.90 Å². The predicted octanol–water partition coefficient (Wildman–Crippen LogP) is 3.95. The molecule has 0 spiro atoms. The molecule has 0 radical (unpaired) electrons. The molecule has 1 aromatic rings. The van der Waals surface area contributed by atoms with Crippen LogP contribution < -0.4 is 0 Å². The third kappa shape index (κ3) is 4.74. The van der Waals surface area contributed by atoms with Crippen LogP contribution in [0.3, 0.4) is 0 Å². The zero-order valence-electron chi connectivity index (χ0n) is 11.7. The molecule has 1 aromatic carbocycles. The highest BCUT2D eigenvalue weighted by Crippen LogP contribution is 2.22. The maximum Gasteiger partial charge on any atom is 0.155 e.